The Balaban J connectivity index is 2.86. The average Bonchev–Trinajstić information content (AvgIpc) is 2.38. The van der Waals surface area contributed by atoms with Crippen LogP contribution < -0.4 is 5.73 Å². The van der Waals surface area contributed by atoms with Crippen molar-refractivity contribution in [3.8, 4) is 0 Å². The van der Waals surface area contributed by atoms with Gasteiger partial charge in [-0.25, -0.2) is 4.79 Å². The Morgan fingerprint density at radius 1 is 1.25 bits per heavy atom. The van der Waals surface area contributed by atoms with Gasteiger partial charge in [0.25, 0.3) is 0 Å². The van der Waals surface area contributed by atoms with Crippen LogP contribution in [0.5, 0.6) is 0 Å². The zero-order chi connectivity index (χ0) is 15.3. The van der Waals surface area contributed by atoms with Crippen LogP contribution in [0.25, 0.3) is 0 Å². The standard InChI is InChI=1S/C14H21NO4S/c1-4-5-11-6-8-12(9-7-11)20(17,18)19-14(16)13(15)10(2)3/h6-10,13H,4-5,15H2,1-3H3/t13-/m0/s1. The maximum absolute atomic E-state index is 11.9. The highest BCUT2D eigenvalue weighted by atomic mass is 32.2. The lowest BCUT2D eigenvalue weighted by molar-refractivity contribution is -0.136. The Bertz CT molecular complexity index is 549. The number of benzene rings is 1. The molecular formula is C14H21NO4S. The minimum Gasteiger partial charge on any atom is -0.341 e. The molecule has 0 unspecified atom stereocenters. The maximum atomic E-state index is 11.9. The van der Waals surface area contributed by atoms with E-state index >= 15 is 0 Å². The molecule has 0 radical (unpaired) electrons. The molecule has 1 aromatic rings. The van der Waals surface area contributed by atoms with E-state index in [0.717, 1.165) is 18.4 Å². The van der Waals surface area contributed by atoms with Gasteiger partial charge in [-0.1, -0.05) is 39.3 Å². The summed E-state index contributed by atoms with van der Waals surface area (Å²) in [5.74, 6) is -1.12. The van der Waals surface area contributed by atoms with Crippen LogP contribution in [0.2, 0.25) is 0 Å². The number of rotatable bonds is 6. The summed E-state index contributed by atoms with van der Waals surface area (Å²) < 4.78 is 28.4. The van der Waals surface area contributed by atoms with E-state index < -0.39 is 22.1 Å². The zero-order valence-electron chi connectivity index (χ0n) is 12.0. The van der Waals surface area contributed by atoms with E-state index in [1.54, 1.807) is 26.0 Å². The van der Waals surface area contributed by atoms with Gasteiger partial charge in [0, 0.05) is 0 Å². The minimum absolute atomic E-state index is 0.0401. The molecule has 0 aliphatic rings. The van der Waals surface area contributed by atoms with E-state index in [9.17, 15) is 13.2 Å². The maximum Gasteiger partial charge on any atom is 0.341 e. The van der Waals surface area contributed by atoms with Gasteiger partial charge in [0.1, 0.15) is 10.9 Å². The fourth-order valence-corrected chi connectivity index (χ4v) is 2.49. The predicted molar refractivity (Wildman–Crippen MR) is 76.5 cm³/mol. The van der Waals surface area contributed by atoms with E-state index in [1.807, 2.05) is 6.92 Å². The summed E-state index contributed by atoms with van der Waals surface area (Å²) in [6.45, 7) is 5.48. The van der Waals surface area contributed by atoms with Crippen molar-refractivity contribution in [2.24, 2.45) is 11.7 Å². The number of nitrogens with two attached hydrogens (primary N) is 1. The fraction of sp³-hybridized carbons (Fsp3) is 0.500. The van der Waals surface area contributed by atoms with Crippen LogP contribution in [0.15, 0.2) is 29.2 Å². The number of aryl methyl sites for hydroxylation is 1. The van der Waals surface area contributed by atoms with E-state index in [1.165, 1.54) is 12.1 Å². The van der Waals surface area contributed by atoms with Crippen molar-refractivity contribution in [3.63, 3.8) is 0 Å². The molecule has 0 bridgehead atoms. The van der Waals surface area contributed by atoms with E-state index in [-0.39, 0.29) is 10.8 Å². The third kappa shape index (κ3) is 4.31. The second-order valence-electron chi connectivity index (χ2n) is 5.02. The summed E-state index contributed by atoms with van der Waals surface area (Å²) in [5, 5.41) is 0. The highest BCUT2D eigenvalue weighted by Crippen LogP contribution is 2.16. The molecule has 1 rings (SSSR count). The molecule has 0 aromatic heterocycles. The summed E-state index contributed by atoms with van der Waals surface area (Å²) in [6, 6.07) is 5.35. The largest absolute Gasteiger partial charge is 0.341 e. The molecule has 0 aliphatic heterocycles. The topological polar surface area (TPSA) is 86.5 Å². The summed E-state index contributed by atoms with van der Waals surface area (Å²) >= 11 is 0. The van der Waals surface area contributed by atoms with Crippen molar-refractivity contribution in [1.82, 2.24) is 0 Å². The Morgan fingerprint density at radius 3 is 2.25 bits per heavy atom. The average molecular weight is 299 g/mol. The Hall–Kier alpha value is -1.40. The van der Waals surface area contributed by atoms with Gasteiger partial charge in [0.2, 0.25) is 0 Å². The number of carbonyl (C=O) groups is 1. The fourth-order valence-electron chi connectivity index (χ4n) is 1.60. The normalized spacial score (nSPS) is 13.2. The van der Waals surface area contributed by atoms with Gasteiger partial charge >= 0.3 is 16.1 Å². The second kappa shape index (κ2) is 6.85. The van der Waals surface area contributed by atoms with E-state index in [2.05, 4.69) is 4.18 Å². The first-order valence-electron chi connectivity index (χ1n) is 6.60. The molecule has 1 atom stereocenters. The van der Waals surface area contributed by atoms with Crippen molar-refractivity contribution >= 4 is 16.1 Å². The van der Waals surface area contributed by atoms with Crippen molar-refractivity contribution in [3.05, 3.63) is 29.8 Å². The molecule has 5 nitrogen and oxygen atoms in total. The van der Waals surface area contributed by atoms with Crippen LogP contribution >= 0.6 is 0 Å². The van der Waals surface area contributed by atoms with Gasteiger partial charge in [0.05, 0.1) is 0 Å². The minimum atomic E-state index is -4.10. The van der Waals surface area contributed by atoms with Crippen LogP contribution in [-0.4, -0.2) is 20.4 Å². The molecule has 0 aliphatic carbocycles. The van der Waals surface area contributed by atoms with Gasteiger partial charge in [-0.2, -0.15) is 8.42 Å². The Labute approximate surface area is 120 Å². The van der Waals surface area contributed by atoms with Crippen molar-refractivity contribution in [2.75, 3.05) is 0 Å². The molecule has 0 saturated carbocycles. The lowest BCUT2D eigenvalue weighted by atomic mass is 10.1. The lowest BCUT2D eigenvalue weighted by Crippen LogP contribution is -2.38. The van der Waals surface area contributed by atoms with Gasteiger partial charge in [-0.15, -0.1) is 0 Å². The monoisotopic (exact) mass is 299 g/mol. The molecule has 1 aromatic carbocycles. The number of hydrogen-bond donors (Lipinski definition) is 1. The van der Waals surface area contributed by atoms with E-state index in [0.29, 0.717) is 0 Å². The molecule has 112 valence electrons. The quantitative estimate of drug-likeness (QED) is 0.810. The van der Waals surface area contributed by atoms with Gasteiger partial charge in [-0.05, 0) is 30.0 Å². The predicted octanol–water partition coefficient (Wildman–Crippen LogP) is 1.85. The van der Waals surface area contributed by atoms with Crippen LogP contribution in [0.4, 0.5) is 0 Å². The zero-order valence-corrected chi connectivity index (χ0v) is 12.8. The number of hydrogen-bond acceptors (Lipinski definition) is 5. The van der Waals surface area contributed by atoms with Gasteiger partial charge < -0.3 is 9.92 Å². The smallest absolute Gasteiger partial charge is 0.341 e. The lowest BCUT2D eigenvalue weighted by Gasteiger charge is -2.14. The van der Waals surface area contributed by atoms with E-state index in [4.69, 9.17) is 5.73 Å². The first-order chi connectivity index (χ1) is 9.27. The molecule has 0 heterocycles. The van der Waals surface area contributed by atoms with Crippen LogP contribution in [0.3, 0.4) is 0 Å². The van der Waals surface area contributed by atoms with Crippen molar-refractivity contribution < 1.29 is 17.4 Å². The Kier molecular flexibility index (Phi) is 5.71. The SMILES string of the molecule is CCCc1ccc(S(=O)(=O)OC(=O)[C@@H](N)C(C)C)cc1. The number of carbonyl (C=O) groups excluding carboxylic acids is 1. The third-order valence-electron chi connectivity index (χ3n) is 2.93. The summed E-state index contributed by atoms with van der Waals surface area (Å²) in [6.07, 6.45) is 1.85. The summed E-state index contributed by atoms with van der Waals surface area (Å²) in [4.78, 5) is 11.6. The van der Waals surface area contributed by atoms with Gasteiger partial charge in [0.15, 0.2) is 0 Å². The highest BCUT2D eigenvalue weighted by Gasteiger charge is 2.26. The summed E-state index contributed by atoms with van der Waals surface area (Å²) in [7, 11) is -4.10. The van der Waals surface area contributed by atoms with Crippen LogP contribution in [0, 0.1) is 5.92 Å². The highest BCUT2D eigenvalue weighted by molar-refractivity contribution is 7.87. The molecule has 20 heavy (non-hydrogen) atoms. The Morgan fingerprint density at radius 2 is 1.80 bits per heavy atom. The molecule has 0 fully saturated rings. The molecule has 0 saturated heterocycles. The summed E-state index contributed by atoms with van der Waals surface area (Å²) in [5.41, 5.74) is 6.61. The van der Waals surface area contributed by atoms with Crippen molar-refractivity contribution in [2.45, 2.75) is 44.6 Å². The molecular weight excluding hydrogens is 278 g/mol. The van der Waals surface area contributed by atoms with Crippen molar-refractivity contribution in [1.29, 1.82) is 0 Å². The third-order valence-corrected chi connectivity index (χ3v) is 4.17. The molecule has 2 N–H and O–H groups in total. The molecule has 0 spiro atoms. The van der Waals surface area contributed by atoms with Gasteiger partial charge in [-0.3, -0.25) is 0 Å². The molecule has 6 heteroatoms. The molecule has 0 amide bonds. The first-order valence-corrected chi connectivity index (χ1v) is 8.01. The van der Waals surface area contributed by atoms with Crippen LogP contribution in [0.1, 0.15) is 32.8 Å². The first kappa shape index (κ1) is 16.7. The van der Waals surface area contributed by atoms with Crippen LogP contribution in [-0.2, 0) is 25.5 Å². The second-order valence-corrected chi connectivity index (χ2v) is 6.57.